The van der Waals surface area contributed by atoms with Gasteiger partial charge in [0.15, 0.2) is 0 Å². The number of carbonyl (C=O) groups excluding carboxylic acids is 2. The number of benzene rings is 2. The van der Waals surface area contributed by atoms with Crippen molar-refractivity contribution in [1.82, 2.24) is 5.43 Å². The molecule has 0 aromatic heterocycles. The molecule has 0 aliphatic carbocycles. The van der Waals surface area contributed by atoms with Crippen LogP contribution < -0.4 is 15.5 Å². The Labute approximate surface area is 145 Å². The molecular formula is C16H13BrFN3O3. The van der Waals surface area contributed by atoms with Crippen molar-refractivity contribution in [3.63, 3.8) is 0 Å². The van der Waals surface area contributed by atoms with Gasteiger partial charge in [0.05, 0.1) is 17.8 Å². The first-order valence-electron chi connectivity index (χ1n) is 6.73. The van der Waals surface area contributed by atoms with Crippen LogP contribution in [0.15, 0.2) is 52.0 Å². The van der Waals surface area contributed by atoms with E-state index in [0.29, 0.717) is 17.0 Å². The van der Waals surface area contributed by atoms with Crippen molar-refractivity contribution in [1.29, 1.82) is 0 Å². The maximum Gasteiger partial charge on any atom is 0.329 e. The maximum atomic E-state index is 12.8. The molecule has 0 atom stereocenters. The molecule has 0 radical (unpaired) electrons. The summed E-state index contributed by atoms with van der Waals surface area (Å²) in [5.74, 6) is -1.62. The zero-order chi connectivity index (χ0) is 17.5. The molecular weight excluding hydrogens is 381 g/mol. The summed E-state index contributed by atoms with van der Waals surface area (Å²) in [5.41, 5.74) is 3.11. The molecule has 0 fully saturated rings. The number of nitrogens with one attached hydrogen (secondary N) is 2. The van der Waals surface area contributed by atoms with Crippen molar-refractivity contribution in [3.8, 4) is 5.75 Å². The van der Waals surface area contributed by atoms with Gasteiger partial charge >= 0.3 is 11.8 Å². The van der Waals surface area contributed by atoms with Crippen LogP contribution in [-0.2, 0) is 9.59 Å². The van der Waals surface area contributed by atoms with Gasteiger partial charge in [-0.25, -0.2) is 9.82 Å². The van der Waals surface area contributed by atoms with Gasteiger partial charge in [0.1, 0.15) is 11.6 Å². The molecule has 2 amide bonds. The maximum absolute atomic E-state index is 12.8. The van der Waals surface area contributed by atoms with E-state index < -0.39 is 17.6 Å². The Morgan fingerprint density at radius 3 is 2.50 bits per heavy atom. The van der Waals surface area contributed by atoms with E-state index in [2.05, 4.69) is 31.8 Å². The van der Waals surface area contributed by atoms with Crippen molar-refractivity contribution in [3.05, 3.63) is 58.3 Å². The molecule has 0 aliphatic heterocycles. The van der Waals surface area contributed by atoms with E-state index in [-0.39, 0.29) is 0 Å². The van der Waals surface area contributed by atoms with Crippen LogP contribution in [0.1, 0.15) is 5.56 Å². The molecule has 0 bridgehead atoms. The van der Waals surface area contributed by atoms with Crippen molar-refractivity contribution >= 4 is 39.6 Å². The highest BCUT2D eigenvalue weighted by Crippen LogP contribution is 2.24. The molecule has 0 aliphatic rings. The van der Waals surface area contributed by atoms with Gasteiger partial charge in [0.2, 0.25) is 0 Å². The van der Waals surface area contributed by atoms with Crippen molar-refractivity contribution in [2.45, 2.75) is 0 Å². The topological polar surface area (TPSA) is 79.8 Å². The lowest BCUT2D eigenvalue weighted by atomic mass is 10.2. The van der Waals surface area contributed by atoms with Crippen LogP contribution >= 0.6 is 15.9 Å². The Morgan fingerprint density at radius 2 is 1.88 bits per heavy atom. The highest BCUT2D eigenvalue weighted by molar-refractivity contribution is 9.10. The van der Waals surface area contributed by atoms with E-state index in [4.69, 9.17) is 4.74 Å². The molecule has 2 N–H and O–H groups in total. The summed E-state index contributed by atoms with van der Waals surface area (Å²) in [6.45, 7) is 0. The van der Waals surface area contributed by atoms with E-state index >= 15 is 0 Å². The fourth-order valence-electron chi connectivity index (χ4n) is 1.70. The highest BCUT2D eigenvalue weighted by atomic mass is 79.9. The van der Waals surface area contributed by atoms with Crippen molar-refractivity contribution in [2.24, 2.45) is 5.10 Å². The Hall–Kier alpha value is -2.74. The molecule has 2 rings (SSSR count). The van der Waals surface area contributed by atoms with Gasteiger partial charge < -0.3 is 10.1 Å². The standard InChI is InChI=1S/C16H13BrFN3O3/c1-24-14-7-2-10(8-13(14)17)9-19-21-16(23)15(22)20-12-5-3-11(18)4-6-12/h2-9H,1H3,(H,20,22)(H,21,23)/b19-9-. The predicted molar refractivity (Wildman–Crippen MR) is 91.5 cm³/mol. The molecule has 0 saturated heterocycles. The number of nitrogens with zero attached hydrogens (tertiary/aromatic N) is 1. The fourth-order valence-corrected chi connectivity index (χ4v) is 2.26. The summed E-state index contributed by atoms with van der Waals surface area (Å²) in [6.07, 6.45) is 1.38. The van der Waals surface area contributed by atoms with Crippen LogP contribution in [0.3, 0.4) is 0 Å². The number of rotatable bonds is 4. The number of hydrazone groups is 1. The van der Waals surface area contributed by atoms with Crippen LogP contribution in [0.4, 0.5) is 10.1 Å². The number of methoxy groups -OCH3 is 1. The summed E-state index contributed by atoms with van der Waals surface area (Å²) in [4.78, 5) is 23.3. The number of anilines is 1. The second-order valence-corrected chi connectivity index (χ2v) is 5.41. The van der Waals surface area contributed by atoms with Crippen molar-refractivity contribution in [2.75, 3.05) is 12.4 Å². The van der Waals surface area contributed by atoms with Gasteiger partial charge in [0.25, 0.3) is 0 Å². The van der Waals surface area contributed by atoms with E-state index in [1.165, 1.54) is 30.5 Å². The third kappa shape index (κ3) is 4.88. The number of hydrogen-bond acceptors (Lipinski definition) is 4. The molecule has 0 heterocycles. The zero-order valence-electron chi connectivity index (χ0n) is 12.5. The minimum absolute atomic E-state index is 0.305. The largest absolute Gasteiger partial charge is 0.496 e. The second-order valence-electron chi connectivity index (χ2n) is 4.55. The fraction of sp³-hybridized carbons (Fsp3) is 0.0625. The quantitative estimate of drug-likeness (QED) is 0.476. The number of hydrogen-bond donors (Lipinski definition) is 2. The van der Waals surface area contributed by atoms with Gasteiger partial charge in [-0.15, -0.1) is 0 Å². The molecule has 2 aromatic rings. The average molecular weight is 394 g/mol. The summed E-state index contributed by atoms with van der Waals surface area (Å²) < 4.78 is 18.6. The smallest absolute Gasteiger partial charge is 0.329 e. The molecule has 124 valence electrons. The SMILES string of the molecule is COc1ccc(/C=N\NC(=O)C(=O)Nc2ccc(F)cc2)cc1Br. The lowest BCUT2D eigenvalue weighted by Crippen LogP contribution is -2.32. The molecule has 6 nitrogen and oxygen atoms in total. The summed E-state index contributed by atoms with van der Waals surface area (Å²) in [6, 6.07) is 10.2. The van der Waals surface area contributed by atoms with Gasteiger partial charge in [0, 0.05) is 5.69 Å². The van der Waals surface area contributed by atoms with Crippen LogP contribution in [0, 0.1) is 5.82 Å². The minimum atomic E-state index is -0.942. The third-order valence-corrected chi connectivity index (χ3v) is 3.48. The monoisotopic (exact) mass is 393 g/mol. The molecule has 0 saturated carbocycles. The lowest BCUT2D eigenvalue weighted by molar-refractivity contribution is -0.136. The first-order chi connectivity index (χ1) is 11.5. The van der Waals surface area contributed by atoms with E-state index in [0.717, 1.165) is 4.47 Å². The van der Waals surface area contributed by atoms with Crippen LogP contribution in [0.2, 0.25) is 0 Å². The minimum Gasteiger partial charge on any atom is -0.496 e. The van der Waals surface area contributed by atoms with E-state index in [9.17, 15) is 14.0 Å². The predicted octanol–water partition coefficient (Wildman–Crippen LogP) is 2.69. The number of ether oxygens (including phenoxy) is 1. The normalized spacial score (nSPS) is 10.5. The molecule has 24 heavy (non-hydrogen) atoms. The summed E-state index contributed by atoms with van der Waals surface area (Å²) in [5, 5.41) is 6.03. The van der Waals surface area contributed by atoms with Gasteiger partial charge in [-0.3, -0.25) is 9.59 Å². The molecule has 2 aromatic carbocycles. The Morgan fingerprint density at radius 1 is 1.17 bits per heavy atom. The van der Waals surface area contributed by atoms with Crippen molar-refractivity contribution < 1.29 is 18.7 Å². The first-order valence-corrected chi connectivity index (χ1v) is 7.52. The van der Waals surface area contributed by atoms with Gasteiger partial charge in [-0.2, -0.15) is 5.10 Å². The molecule has 8 heteroatoms. The Kier molecular flexibility index (Phi) is 6.02. The van der Waals surface area contributed by atoms with Gasteiger partial charge in [-0.1, -0.05) is 0 Å². The van der Waals surface area contributed by atoms with Crippen LogP contribution in [-0.4, -0.2) is 25.1 Å². The van der Waals surface area contributed by atoms with E-state index in [1.807, 2.05) is 0 Å². The first kappa shape index (κ1) is 17.6. The number of amides is 2. The van der Waals surface area contributed by atoms with Crippen LogP contribution in [0.5, 0.6) is 5.75 Å². The summed E-state index contributed by atoms with van der Waals surface area (Å²) in [7, 11) is 1.55. The van der Waals surface area contributed by atoms with Gasteiger partial charge in [-0.05, 0) is 64.0 Å². The number of halogens is 2. The Balaban J connectivity index is 1.90. The zero-order valence-corrected chi connectivity index (χ0v) is 14.1. The molecule has 0 spiro atoms. The Bertz CT molecular complexity index is 779. The lowest BCUT2D eigenvalue weighted by Gasteiger charge is -2.04. The number of carbonyl (C=O) groups is 2. The van der Waals surface area contributed by atoms with E-state index in [1.54, 1.807) is 25.3 Å². The second kappa shape index (κ2) is 8.21. The summed E-state index contributed by atoms with van der Waals surface area (Å²) >= 11 is 3.33. The average Bonchev–Trinajstić information content (AvgIpc) is 2.57. The molecule has 0 unspecified atom stereocenters. The van der Waals surface area contributed by atoms with Crippen LogP contribution in [0.25, 0.3) is 0 Å². The highest BCUT2D eigenvalue weighted by Gasteiger charge is 2.12. The third-order valence-electron chi connectivity index (χ3n) is 2.86.